The van der Waals surface area contributed by atoms with Crippen LogP contribution in [0.2, 0.25) is 10.0 Å². The maximum Gasteiger partial charge on any atom is 0.0834 e. The van der Waals surface area contributed by atoms with Gasteiger partial charge in [0.15, 0.2) is 0 Å². The molecule has 1 aromatic heterocycles. The maximum absolute atomic E-state index is 6.26. The van der Waals surface area contributed by atoms with Gasteiger partial charge in [-0.1, -0.05) is 39.1 Å². The minimum atomic E-state index is 0.334. The average molecular weight is 334 g/mol. The Bertz CT molecular complexity index is 606. The molecule has 1 aliphatic rings. The third kappa shape index (κ3) is 1.72. The van der Waals surface area contributed by atoms with Crippen LogP contribution in [0.25, 0.3) is 10.9 Å². The van der Waals surface area contributed by atoms with Crippen molar-refractivity contribution in [1.29, 1.82) is 0 Å². The summed E-state index contributed by atoms with van der Waals surface area (Å²) in [6.45, 7) is 3.16. The van der Waals surface area contributed by atoms with Crippen LogP contribution in [-0.2, 0) is 6.42 Å². The Hall–Kier alpha value is -0.220. The summed E-state index contributed by atoms with van der Waals surface area (Å²) >= 11 is 15.9. The normalized spacial score (nSPS) is 19.6. The number of aromatic nitrogens is 1. The molecule has 0 spiro atoms. The molecule has 0 saturated carbocycles. The molecular weight excluding hydrogens is 323 g/mol. The summed E-state index contributed by atoms with van der Waals surface area (Å²) in [7, 11) is 0. The van der Waals surface area contributed by atoms with Gasteiger partial charge in [0.1, 0.15) is 0 Å². The predicted octanol–water partition coefficient (Wildman–Crippen LogP) is 4.44. The van der Waals surface area contributed by atoms with Crippen molar-refractivity contribution in [3.8, 4) is 0 Å². The van der Waals surface area contributed by atoms with E-state index in [-0.39, 0.29) is 0 Å². The highest BCUT2D eigenvalue weighted by Gasteiger charge is 2.24. The van der Waals surface area contributed by atoms with Crippen LogP contribution in [0.1, 0.15) is 24.2 Å². The number of aromatic amines is 1. The molecule has 0 fully saturated rings. The highest BCUT2D eigenvalue weighted by atomic mass is 79.9. The lowest BCUT2D eigenvalue weighted by molar-refractivity contribution is 0.541. The fourth-order valence-corrected chi connectivity index (χ4v) is 3.71. The number of rotatable bonds is 0. The number of benzene rings is 1. The highest BCUT2D eigenvalue weighted by Crippen LogP contribution is 2.41. The van der Waals surface area contributed by atoms with Crippen molar-refractivity contribution in [2.24, 2.45) is 0 Å². The van der Waals surface area contributed by atoms with Crippen molar-refractivity contribution in [3.63, 3.8) is 0 Å². The second kappa shape index (κ2) is 4.16. The van der Waals surface area contributed by atoms with E-state index in [9.17, 15) is 0 Å². The Kier molecular flexibility index (Phi) is 2.90. The zero-order valence-corrected chi connectivity index (χ0v) is 12.3. The van der Waals surface area contributed by atoms with E-state index in [1.165, 1.54) is 11.3 Å². The van der Waals surface area contributed by atoms with Crippen molar-refractivity contribution in [2.45, 2.75) is 19.4 Å². The fourth-order valence-electron chi connectivity index (χ4n) is 2.54. The Morgan fingerprint density at radius 3 is 2.94 bits per heavy atom. The van der Waals surface area contributed by atoms with Crippen molar-refractivity contribution in [3.05, 3.63) is 31.8 Å². The lowest BCUT2D eigenvalue weighted by Crippen LogP contribution is -2.27. The van der Waals surface area contributed by atoms with E-state index in [1.807, 2.05) is 6.07 Å². The van der Waals surface area contributed by atoms with Crippen molar-refractivity contribution in [2.75, 3.05) is 6.54 Å². The van der Waals surface area contributed by atoms with Gasteiger partial charge in [-0.15, -0.1) is 0 Å². The molecule has 5 heteroatoms. The summed E-state index contributed by atoms with van der Waals surface area (Å²) in [5.41, 5.74) is 3.50. The zero-order valence-electron chi connectivity index (χ0n) is 9.20. The molecule has 0 bridgehead atoms. The quantitative estimate of drug-likeness (QED) is 0.685. The average Bonchev–Trinajstić information content (AvgIpc) is 2.67. The number of fused-ring (bicyclic) bond motifs is 3. The van der Waals surface area contributed by atoms with Gasteiger partial charge in [-0.05, 0) is 18.6 Å². The van der Waals surface area contributed by atoms with Crippen molar-refractivity contribution in [1.82, 2.24) is 10.3 Å². The van der Waals surface area contributed by atoms with E-state index in [4.69, 9.17) is 23.2 Å². The largest absolute Gasteiger partial charge is 0.357 e. The molecule has 2 heterocycles. The first-order valence-electron chi connectivity index (χ1n) is 5.51. The van der Waals surface area contributed by atoms with Gasteiger partial charge in [0, 0.05) is 34.6 Å². The van der Waals surface area contributed by atoms with Crippen LogP contribution in [0.4, 0.5) is 0 Å². The molecule has 1 aliphatic heterocycles. The summed E-state index contributed by atoms with van der Waals surface area (Å²) < 4.78 is 0.995. The molecule has 0 radical (unpaired) electrons. The monoisotopic (exact) mass is 332 g/mol. The highest BCUT2D eigenvalue weighted by molar-refractivity contribution is 9.10. The third-order valence-corrected chi connectivity index (χ3v) is 4.71. The van der Waals surface area contributed by atoms with E-state index < -0.39 is 0 Å². The molecule has 1 aromatic carbocycles. The number of nitrogens with one attached hydrogen (secondary N) is 2. The lowest BCUT2D eigenvalue weighted by atomic mass is 9.99. The van der Waals surface area contributed by atoms with E-state index in [1.54, 1.807) is 0 Å². The SMILES string of the molecule is C[C@H]1NCCc2[nH]c3c(Cl)c(Cl)cc(Br)c3c21. The van der Waals surface area contributed by atoms with Gasteiger partial charge >= 0.3 is 0 Å². The van der Waals surface area contributed by atoms with Gasteiger partial charge in [-0.25, -0.2) is 0 Å². The third-order valence-electron chi connectivity index (χ3n) is 3.30. The molecule has 90 valence electrons. The van der Waals surface area contributed by atoms with Crippen LogP contribution in [0, 0.1) is 0 Å². The molecule has 1 atom stereocenters. The van der Waals surface area contributed by atoms with Gasteiger partial charge in [0.2, 0.25) is 0 Å². The first kappa shape index (κ1) is 11.8. The zero-order chi connectivity index (χ0) is 12.2. The predicted molar refractivity (Wildman–Crippen MR) is 76.1 cm³/mol. The van der Waals surface area contributed by atoms with E-state index in [2.05, 4.69) is 33.2 Å². The fraction of sp³-hybridized carbons (Fsp3) is 0.333. The first-order valence-corrected chi connectivity index (χ1v) is 7.06. The van der Waals surface area contributed by atoms with Crippen LogP contribution in [0.3, 0.4) is 0 Å². The van der Waals surface area contributed by atoms with E-state index >= 15 is 0 Å². The van der Waals surface area contributed by atoms with Crippen LogP contribution < -0.4 is 5.32 Å². The molecule has 0 aliphatic carbocycles. The minimum absolute atomic E-state index is 0.334. The van der Waals surface area contributed by atoms with Gasteiger partial charge in [-0.3, -0.25) is 0 Å². The Labute approximate surface area is 118 Å². The summed E-state index contributed by atoms with van der Waals surface area (Å²) in [6.07, 6.45) is 0.995. The van der Waals surface area contributed by atoms with Crippen molar-refractivity contribution < 1.29 is 0 Å². The van der Waals surface area contributed by atoms with E-state index in [0.717, 1.165) is 28.3 Å². The van der Waals surface area contributed by atoms with E-state index in [0.29, 0.717) is 16.1 Å². The van der Waals surface area contributed by atoms with Crippen LogP contribution in [0.5, 0.6) is 0 Å². The molecular formula is C12H11BrCl2N2. The Morgan fingerprint density at radius 1 is 1.41 bits per heavy atom. The minimum Gasteiger partial charge on any atom is -0.357 e. The maximum atomic E-state index is 6.26. The summed E-state index contributed by atoms with van der Waals surface area (Å²) in [5.74, 6) is 0. The second-order valence-electron chi connectivity index (χ2n) is 4.35. The van der Waals surface area contributed by atoms with Crippen LogP contribution >= 0.6 is 39.1 Å². The molecule has 17 heavy (non-hydrogen) atoms. The number of hydrogen-bond acceptors (Lipinski definition) is 1. The molecule has 3 rings (SSSR count). The Morgan fingerprint density at radius 2 is 2.18 bits per heavy atom. The molecule has 2 nitrogen and oxygen atoms in total. The van der Waals surface area contributed by atoms with Crippen LogP contribution in [0.15, 0.2) is 10.5 Å². The van der Waals surface area contributed by atoms with Crippen LogP contribution in [-0.4, -0.2) is 11.5 Å². The topological polar surface area (TPSA) is 27.8 Å². The van der Waals surface area contributed by atoms with Gasteiger partial charge in [0.05, 0.1) is 15.6 Å². The van der Waals surface area contributed by atoms with Crippen molar-refractivity contribution >= 4 is 50.0 Å². The van der Waals surface area contributed by atoms with Gasteiger partial charge < -0.3 is 10.3 Å². The smallest absolute Gasteiger partial charge is 0.0834 e. The number of H-pyrrole nitrogens is 1. The molecule has 2 aromatic rings. The second-order valence-corrected chi connectivity index (χ2v) is 5.99. The van der Waals surface area contributed by atoms with Gasteiger partial charge in [0.25, 0.3) is 0 Å². The number of hydrogen-bond donors (Lipinski definition) is 2. The first-order chi connectivity index (χ1) is 8.09. The Balaban J connectivity index is 2.43. The van der Waals surface area contributed by atoms with Gasteiger partial charge in [-0.2, -0.15) is 0 Å². The molecule has 0 saturated heterocycles. The molecule has 0 unspecified atom stereocenters. The molecule has 2 N–H and O–H groups in total. The summed E-state index contributed by atoms with van der Waals surface area (Å²) in [6, 6.07) is 2.20. The number of halogens is 3. The lowest BCUT2D eigenvalue weighted by Gasteiger charge is -2.21. The summed E-state index contributed by atoms with van der Waals surface area (Å²) in [5, 5.41) is 5.79. The molecule has 0 amide bonds. The summed E-state index contributed by atoms with van der Waals surface area (Å²) in [4.78, 5) is 3.41. The standard InChI is InChI=1S/C12H11BrCl2N2/c1-5-9-8(2-3-16-5)17-12-10(9)6(13)4-7(14)11(12)15/h4-5,16-17H,2-3H2,1H3/t5-/m1/s1.